The first kappa shape index (κ1) is 9.61. The molecule has 3 rings (SSSR count). The molecule has 1 aromatic heterocycles. The summed E-state index contributed by atoms with van der Waals surface area (Å²) in [4.78, 5) is 6.66. The molecule has 2 aliphatic rings. The lowest BCUT2D eigenvalue weighted by atomic mass is 9.77. The predicted octanol–water partition coefficient (Wildman–Crippen LogP) is 2.58. The Morgan fingerprint density at radius 1 is 1.27 bits per heavy atom. The van der Waals surface area contributed by atoms with Gasteiger partial charge in [-0.15, -0.1) is 0 Å². The molecule has 0 aromatic carbocycles. The van der Waals surface area contributed by atoms with Crippen LogP contribution in [0, 0.1) is 11.8 Å². The molecule has 0 bridgehead atoms. The van der Waals surface area contributed by atoms with Crippen LogP contribution in [0.5, 0.6) is 0 Å². The summed E-state index contributed by atoms with van der Waals surface area (Å²) in [6.07, 6.45) is 4.78. The standard InChI is InChI=1S/C12H15ClN2/c13-12-4-1-9(5-14-12)6-15-7-10-2-3-11(10)8-15/h1,4-5,10-11H,2-3,6-8H2. The molecule has 1 saturated carbocycles. The lowest BCUT2D eigenvalue weighted by Crippen LogP contribution is -2.22. The molecule has 2 nitrogen and oxygen atoms in total. The molecule has 0 radical (unpaired) electrons. The van der Waals surface area contributed by atoms with Gasteiger partial charge in [0.25, 0.3) is 0 Å². The summed E-state index contributed by atoms with van der Waals surface area (Å²) < 4.78 is 0. The van der Waals surface area contributed by atoms with Crippen molar-refractivity contribution in [2.24, 2.45) is 11.8 Å². The van der Waals surface area contributed by atoms with E-state index in [-0.39, 0.29) is 0 Å². The van der Waals surface area contributed by atoms with E-state index in [9.17, 15) is 0 Å². The van der Waals surface area contributed by atoms with Crippen molar-refractivity contribution in [1.82, 2.24) is 9.88 Å². The first-order valence-electron chi connectivity index (χ1n) is 5.64. The number of halogens is 1. The van der Waals surface area contributed by atoms with Gasteiger partial charge in [-0.2, -0.15) is 0 Å². The van der Waals surface area contributed by atoms with Crippen LogP contribution in [0.4, 0.5) is 0 Å². The van der Waals surface area contributed by atoms with Crippen LogP contribution in [-0.2, 0) is 6.54 Å². The van der Waals surface area contributed by atoms with Gasteiger partial charge < -0.3 is 0 Å². The minimum absolute atomic E-state index is 0.584. The van der Waals surface area contributed by atoms with E-state index in [2.05, 4.69) is 16.0 Å². The third kappa shape index (κ3) is 1.88. The van der Waals surface area contributed by atoms with E-state index in [1.807, 2.05) is 12.3 Å². The average molecular weight is 223 g/mol. The Balaban J connectivity index is 1.63. The molecular weight excluding hydrogens is 208 g/mol. The summed E-state index contributed by atoms with van der Waals surface area (Å²) in [5.74, 6) is 1.98. The Morgan fingerprint density at radius 2 is 2.00 bits per heavy atom. The van der Waals surface area contributed by atoms with Gasteiger partial charge in [0, 0.05) is 25.8 Å². The highest BCUT2D eigenvalue weighted by Crippen LogP contribution is 2.40. The zero-order chi connectivity index (χ0) is 10.3. The van der Waals surface area contributed by atoms with Crippen LogP contribution in [0.15, 0.2) is 18.3 Å². The van der Waals surface area contributed by atoms with Crippen LogP contribution in [0.2, 0.25) is 5.15 Å². The summed E-state index contributed by atoms with van der Waals surface area (Å²) in [6, 6.07) is 3.96. The van der Waals surface area contributed by atoms with E-state index < -0.39 is 0 Å². The molecule has 1 aliphatic carbocycles. The molecule has 3 heteroatoms. The molecule has 80 valence electrons. The van der Waals surface area contributed by atoms with Crippen molar-refractivity contribution in [2.45, 2.75) is 19.4 Å². The number of nitrogens with zero attached hydrogens (tertiary/aromatic N) is 2. The van der Waals surface area contributed by atoms with Gasteiger partial charge in [-0.1, -0.05) is 17.7 Å². The normalized spacial score (nSPS) is 29.9. The van der Waals surface area contributed by atoms with Crippen molar-refractivity contribution in [3.05, 3.63) is 29.0 Å². The van der Waals surface area contributed by atoms with Gasteiger partial charge in [-0.05, 0) is 36.3 Å². The minimum atomic E-state index is 0.584. The second-order valence-electron chi connectivity index (χ2n) is 4.78. The molecule has 2 heterocycles. The molecule has 0 spiro atoms. The molecule has 2 atom stereocenters. The monoisotopic (exact) mass is 222 g/mol. The van der Waals surface area contributed by atoms with Crippen molar-refractivity contribution < 1.29 is 0 Å². The number of aromatic nitrogens is 1. The Bertz CT molecular complexity index is 337. The molecule has 0 amide bonds. The van der Waals surface area contributed by atoms with Crippen LogP contribution in [0.1, 0.15) is 18.4 Å². The Morgan fingerprint density at radius 3 is 2.53 bits per heavy atom. The van der Waals surface area contributed by atoms with Crippen LogP contribution >= 0.6 is 11.6 Å². The van der Waals surface area contributed by atoms with Crippen LogP contribution < -0.4 is 0 Å². The van der Waals surface area contributed by atoms with Gasteiger partial charge in [-0.25, -0.2) is 4.98 Å². The number of hydrogen-bond donors (Lipinski definition) is 0. The lowest BCUT2D eigenvalue weighted by molar-refractivity contribution is 0.243. The number of likely N-dealkylation sites (tertiary alicyclic amines) is 1. The smallest absolute Gasteiger partial charge is 0.129 e. The first-order chi connectivity index (χ1) is 7.31. The van der Waals surface area contributed by atoms with Crippen molar-refractivity contribution >= 4 is 11.6 Å². The molecule has 2 fully saturated rings. The molecule has 15 heavy (non-hydrogen) atoms. The first-order valence-corrected chi connectivity index (χ1v) is 6.02. The van der Waals surface area contributed by atoms with Gasteiger partial charge >= 0.3 is 0 Å². The average Bonchev–Trinajstić information content (AvgIpc) is 2.48. The highest BCUT2D eigenvalue weighted by Gasteiger charge is 2.38. The maximum Gasteiger partial charge on any atom is 0.129 e. The summed E-state index contributed by atoms with van der Waals surface area (Å²) in [6.45, 7) is 3.61. The van der Waals surface area contributed by atoms with E-state index >= 15 is 0 Å². The van der Waals surface area contributed by atoms with Crippen LogP contribution in [0.3, 0.4) is 0 Å². The Labute approximate surface area is 95.3 Å². The SMILES string of the molecule is Clc1ccc(CN2CC3CCC3C2)cn1. The van der Waals surface area contributed by atoms with Gasteiger partial charge in [0.15, 0.2) is 0 Å². The highest BCUT2D eigenvalue weighted by atomic mass is 35.5. The Hall–Kier alpha value is -0.600. The minimum Gasteiger partial charge on any atom is -0.298 e. The number of fused-ring (bicyclic) bond motifs is 1. The molecular formula is C12H15ClN2. The van der Waals surface area contributed by atoms with Crippen LogP contribution in [0.25, 0.3) is 0 Å². The van der Waals surface area contributed by atoms with Crippen molar-refractivity contribution in [3.8, 4) is 0 Å². The zero-order valence-electron chi connectivity index (χ0n) is 8.69. The zero-order valence-corrected chi connectivity index (χ0v) is 9.45. The second-order valence-corrected chi connectivity index (χ2v) is 5.17. The van der Waals surface area contributed by atoms with Crippen molar-refractivity contribution in [3.63, 3.8) is 0 Å². The molecule has 1 aromatic rings. The van der Waals surface area contributed by atoms with Gasteiger partial charge in [0.1, 0.15) is 5.15 Å². The lowest BCUT2D eigenvalue weighted by Gasteiger charge is -2.28. The summed E-state index contributed by atoms with van der Waals surface area (Å²) in [7, 11) is 0. The van der Waals surface area contributed by atoms with Crippen molar-refractivity contribution in [1.29, 1.82) is 0 Å². The molecule has 1 saturated heterocycles. The van der Waals surface area contributed by atoms with Gasteiger partial charge in [0.2, 0.25) is 0 Å². The quantitative estimate of drug-likeness (QED) is 0.716. The predicted molar refractivity (Wildman–Crippen MR) is 60.7 cm³/mol. The summed E-state index contributed by atoms with van der Waals surface area (Å²) in [5, 5.41) is 0.584. The second kappa shape index (κ2) is 3.76. The largest absolute Gasteiger partial charge is 0.298 e. The summed E-state index contributed by atoms with van der Waals surface area (Å²) >= 11 is 5.76. The molecule has 0 N–H and O–H groups in total. The highest BCUT2D eigenvalue weighted by molar-refractivity contribution is 6.29. The number of hydrogen-bond acceptors (Lipinski definition) is 2. The number of pyridine rings is 1. The third-order valence-electron chi connectivity index (χ3n) is 3.76. The van der Waals surface area contributed by atoms with E-state index in [4.69, 9.17) is 11.6 Å². The fourth-order valence-electron chi connectivity index (χ4n) is 2.74. The topological polar surface area (TPSA) is 16.1 Å². The van der Waals surface area contributed by atoms with E-state index in [1.54, 1.807) is 0 Å². The van der Waals surface area contributed by atoms with E-state index in [0.717, 1.165) is 18.4 Å². The van der Waals surface area contributed by atoms with E-state index in [1.165, 1.54) is 31.5 Å². The number of rotatable bonds is 2. The maximum atomic E-state index is 5.76. The molecule has 2 unspecified atom stereocenters. The van der Waals surface area contributed by atoms with Gasteiger partial charge in [-0.3, -0.25) is 4.90 Å². The van der Waals surface area contributed by atoms with Crippen molar-refractivity contribution in [2.75, 3.05) is 13.1 Å². The fourth-order valence-corrected chi connectivity index (χ4v) is 2.86. The Kier molecular flexibility index (Phi) is 2.41. The third-order valence-corrected chi connectivity index (χ3v) is 3.98. The summed E-state index contributed by atoms with van der Waals surface area (Å²) in [5.41, 5.74) is 1.28. The van der Waals surface area contributed by atoms with E-state index in [0.29, 0.717) is 5.15 Å². The fraction of sp³-hybridized carbons (Fsp3) is 0.583. The van der Waals surface area contributed by atoms with Gasteiger partial charge in [0.05, 0.1) is 0 Å². The van der Waals surface area contributed by atoms with Crippen LogP contribution in [-0.4, -0.2) is 23.0 Å². The molecule has 1 aliphatic heterocycles. The maximum absolute atomic E-state index is 5.76.